The number of alkyl halides is 10. The number of halogens is 16. The minimum absolute atomic E-state index is 0.0420. The van der Waals surface area contributed by atoms with Crippen molar-refractivity contribution in [1.29, 1.82) is 0 Å². The second-order valence-corrected chi connectivity index (χ2v) is 16.6. The Hall–Kier alpha value is -5.04. The van der Waals surface area contributed by atoms with Crippen molar-refractivity contribution < 1.29 is 89.2 Å². The lowest BCUT2D eigenvalue weighted by atomic mass is 9.77. The van der Waals surface area contributed by atoms with Gasteiger partial charge in [-0.1, -0.05) is 58.1 Å². The molecule has 0 amide bonds. The highest BCUT2D eigenvalue weighted by Crippen LogP contribution is 2.43. The fourth-order valence-corrected chi connectivity index (χ4v) is 8.54. The van der Waals surface area contributed by atoms with Gasteiger partial charge < -0.3 is 18.9 Å². The molecular formula is C47H46F16O4. The van der Waals surface area contributed by atoms with Crippen molar-refractivity contribution in [1.82, 2.24) is 0 Å². The van der Waals surface area contributed by atoms with Gasteiger partial charge >= 0.3 is 24.9 Å². The standard InChI is InChI=1S/C24H24F8O2.C23H22F8O2/c1-2-3-4-14-5-7-15(8-6-14)16-9-10-18(19(25)11-16)23(28,29)33-17-12-20(26)22(21(27)13-17)34-24(30,31)32;1-2-3-13-4-6-14(7-5-13)15-8-9-17(18(24)10-15)22(27,28)32-16-11-19(25)21(20(26)12-16)33-23(29,30)31/h9-15H,2-8H2,1H3;8-14H,2-7H2,1H3/t14-,15-;13-,14-. The third-order valence-electron chi connectivity index (χ3n) is 11.8. The van der Waals surface area contributed by atoms with Crippen LogP contribution in [0.4, 0.5) is 70.2 Å². The van der Waals surface area contributed by atoms with Crippen LogP contribution < -0.4 is 18.9 Å². The predicted molar refractivity (Wildman–Crippen MR) is 212 cm³/mol. The van der Waals surface area contributed by atoms with E-state index in [4.69, 9.17) is 0 Å². The Bertz CT molecular complexity index is 2220. The number of benzene rings is 4. The topological polar surface area (TPSA) is 36.9 Å². The van der Waals surface area contributed by atoms with Crippen LogP contribution >= 0.6 is 0 Å². The van der Waals surface area contributed by atoms with Gasteiger partial charge in [0, 0.05) is 24.3 Å². The first-order valence-electron chi connectivity index (χ1n) is 21.5. The van der Waals surface area contributed by atoms with Crippen molar-refractivity contribution in [2.45, 2.75) is 134 Å². The lowest BCUT2D eigenvalue weighted by Gasteiger charge is -2.29. The van der Waals surface area contributed by atoms with Crippen LogP contribution in [0.5, 0.6) is 23.0 Å². The normalized spacial score (nSPS) is 19.3. The third-order valence-corrected chi connectivity index (χ3v) is 11.8. The monoisotopic (exact) mass is 978 g/mol. The quantitative estimate of drug-likeness (QED) is 0.111. The van der Waals surface area contributed by atoms with Crippen LogP contribution in [0.25, 0.3) is 0 Å². The van der Waals surface area contributed by atoms with Gasteiger partial charge in [0.05, 0.1) is 11.1 Å². The summed E-state index contributed by atoms with van der Waals surface area (Å²) in [5, 5.41) is 0. The molecular weight excluding hydrogens is 932 g/mol. The van der Waals surface area contributed by atoms with E-state index in [0.29, 0.717) is 23.0 Å². The molecule has 0 saturated heterocycles. The first kappa shape index (κ1) is 52.9. The Labute approximate surface area is 375 Å². The Morgan fingerprint density at radius 1 is 0.418 bits per heavy atom. The van der Waals surface area contributed by atoms with Gasteiger partial charge in [-0.15, -0.1) is 26.3 Å². The molecule has 4 aromatic rings. The summed E-state index contributed by atoms with van der Waals surface area (Å²) in [7, 11) is 0. The van der Waals surface area contributed by atoms with Crippen LogP contribution in [-0.4, -0.2) is 12.7 Å². The molecule has 2 aliphatic rings. The molecule has 67 heavy (non-hydrogen) atoms. The molecule has 4 nitrogen and oxygen atoms in total. The molecule has 0 atom stereocenters. The van der Waals surface area contributed by atoms with Crippen molar-refractivity contribution in [3.8, 4) is 23.0 Å². The second-order valence-electron chi connectivity index (χ2n) is 16.6. The zero-order valence-corrected chi connectivity index (χ0v) is 36.0. The van der Waals surface area contributed by atoms with E-state index in [-0.39, 0.29) is 36.1 Å². The van der Waals surface area contributed by atoms with Crippen molar-refractivity contribution in [2.75, 3.05) is 0 Å². The summed E-state index contributed by atoms with van der Waals surface area (Å²) in [5.74, 6) is -14.7. The molecule has 0 radical (unpaired) electrons. The molecule has 0 aliphatic heterocycles. The zero-order chi connectivity index (χ0) is 49.5. The summed E-state index contributed by atoms with van der Waals surface area (Å²) in [6, 6.07) is 6.82. The Morgan fingerprint density at radius 3 is 1.06 bits per heavy atom. The molecule has 2 saturated carbocycles. The molecule has 2 aliphatic carbocycles. The summed E-state index contributed by atoms with van der Waals surface area (Å²) in [4.78, 5) is 0. The minimum atomic E-state index is -5.40. The van der Waals surface area contributed by atoms with E-state index in [2.05, 4.69) is 32.8 Å². The molecule has 2 fully saturated rings. The molecule has 0 spiro atoms. The predicted octanol–water partition coefficient (Wildman–Crippen LogP) is 16.8. The largest absolute Gasteiger partial charge is 0.573 e. The first-order chi connectivity index (χ1) is 31.3. The van der Waals surface area contributed by atoms with Crippen LogP contribution in [0.2, 0.25) is 0 Å². The third kappa shape index (κ3) is 14.7. The van der Waals surface area contributed by atoms with E-state index in [9.17, 15) is 70.2 Å². The summed E-state index contributed by atoms with van der Waals surface area (Å²) in [6.45, 7) is 4.23. The zero-order valence-electron chi connectivity index (χ0n) is 36.0. The second kappa shape index (κ2) is 21.9. The Balaban J connectivity index is 0.000000251. The van der Waals surface area contributed by atoms with E-state index in [1.54, 1.807) is 0 Å². The SMILES string of the molecule is CCCC[C@H]1CC[C@H](c2ccc(C(F)(F)Oc3cc(F)c(OC(F)(F)F)c(F)c3)c(F)c2)CC1.CCC[C@H]1CC[C@H](c2ccc(C(F)(F)Oc3cc(F)c(OC(F)(F)F)c(F)c3)c(F)c2)CC1. The summed E-state index contributed by atoms with van der Waals surface area (Å²) in [6.07, 6.45) is -6.64. The molecule has 0 heterocycles. The molecule has 370 valence electrons. The van der Waals surface area contributed by atoms with Crippen LogP contribution in [0.3, 0.4) is 0 Å². The maximum atomic E-state index is 14.6. The number of hydrogen-bond donors (Lipinski definition) is 0. The number of rotatable bonds is 15. The van der Waals surface area contributed by atoms with Crippen LogP contribution in [0.1, 0.15) is 131 Å². The van der Waals surface area contributed by atoms with Gasteiger partial charge in [0.2, 0.25) is 11.5 Å². The number of ether oxygens (including phenoxy) is 4. The molecule has 0 N–H and O–H groups in total. The minimum Gasteiger partial charge on any atom is -0.429 e. The molecule has 4 aromatic carbocycles. The summed E-state index contributed by atoms with van der Waals surface area (Å²) >= 11 is 0. The number of hydrogen-bond acceptors (Lipinski definition) is 4. The highest BCUT2D eigenvalue weighted by atomic mass is 19.4. The van der Waals surface area contributed by atoms with Gasteiger partial charge in [-0.3, -0.25) is 0 Å². The lowest BCUT2D eigenvalue weighted by molar-refractivity contribution is -0.277. The summed E-state index contributed by atoms with van der Waals surface area (Å²) in [5.41, 5.74) is -1.17. The van der Waals surface area contributed by atoms with E-state index in [1.807, 2.05) is 0 Å². The molecule has 20 heteroatoms. The van der Waals surface area contributed by atoms with Crippen molar-refractivity contribution in [3.63, 3.8) is 0 Å². The van der Waals surface area contributed by atoms with E-state index >= 15 is 0 Å². The fraction of sp³-hybridized carbons (Fsp3) is 0.489. The van der Waals surface area contributed by atoms with Crippen LogP contribution in [-0.2, 0) is 12.2 Å². The van der Waals surface area contributed by atoms with Gasteiger partial charge in [-0.05, 0) is 110 Å². The van der Waals surface area contributed by atoms with Gasteiger partial charge in [0.1, 0.15) is 23.1 Å². The van der Waals surface area contributed by atoms with Crippen LogP contribution in [0, 0.1) is 46.7 Å². The molecule has 0 unspecified atom stereocenters. The Kier molecular flexibility index (Phi) is 17.3. The van der Waals surface area contributed by atoms with E-state index < -0.39 is 94.0 Å². The average molecular weight is 979 g/mol. The molecule has 0 aromatic heterocycles. The van der Waals surface area contributed by atoms with E-state index in [1.165, 1.54) is 12.1 Å². The average Bonchev–Trinajstić information content (AvgIpc) is 3.22. The summed E-state index contributed by atoms with van der Waals surface area (Å²) < 4.78 is 231. The van der Waals surface area contributed by atoms with Gasteiger partial charge in [-0.2, -0.15) is 17.6 Å². The fourth-order valence-electron chi connectivity index (χ4n) is 8.54. The molecule has 6 rings (SSSR count). The maximum Gasteiger partial charge on any atom is 0.573 e. The lowest BCUT2D eigenvalue weighted by Crippen LogP contribution is -2.24. The van der Waals surface area contributed by atoms with Gasteiger partial charge in [-0.25, -0.2) is 26.3 Å². The molecule has 0 bridgehead atoms. The smallest absolute Gasteiger partial charge is 0.429 e. The van der Waals surface area contributed by atoms with E-state index in [0.717, 1.165) is 108 Å². The number of unbranched alkanes of at least 4 members (excludes halogenated alkanes) is 1. The van der Waals surface area contributed by atoms with Gasteiger partial charge in [0.15, 0.2) is 23.3 Å². The van der Waals surface area contributed by atoms with Crippen molar-refractivity contribution in [2.24, 2.45) is 11.8 Å². The first-order valence-corrected chi connectivity index (χ1v) is 21.5. The van der Waals surface area contributed by atoms with Crippen LogP contribution in [0.15, 0.2) is 60.7 Å². The highest BCUT2D eigenvalue weighted by Gasteiger charge is 2.41. The van der Waals surface area contributed by atoms with Crippen molar-refractivity contribution >= 4 is 0 Å². The van der Waals surface area contributed by atoms with Gasteiger partial charge in [0.25, 0.3) is 0 Å². The van der Waals surface area contributed by atoms with Crippen molar-refractivity contribution in [3.05, 3.63) is 118 Å². The maximum absolute atomic E-state index is 14.6. The Morgan fingerprint density at radius 2 is 0.761 bits per heavy atom. The highest BCUT2D eigenvalue weighted by molar-refractivity contribution is 5.38.